The highest BCUT2D eigenvalue weighted by molar-refractivity contribution is 7.99. The van der Waals surface area contributed by atoms with Crippen molar-refractivity contribution in [2.45, 2.75) is 54.4 Å². The van der Waals surface area contributed by atoms with Gasteiger partial charge in [-0.15, -0.1) is 11.8 Å². The van der Waals surface area contributed by atoms with Gasteiger partial charge in [0.05, 0.1) is 9.82 Å². The average molecular weight is 654 g/mol. The molecule has 0 saturated carbocycles. The number of amides is 2. The molecule has 1 saturated heterocycles. The molecule has 10 nitrogen and oxygen atoms in total. The van der Waals surface area contributed by atoms with Crippen molar-refractivity contribution in [3.05, 3.63) is 94.5 Å². The molecule has 4 rings (SSSR count). The van der Waals surface area contributed by atoms with Gasteiger partial charge in [0, 0.05) is 35.8 Å². The fourth-order valence-corrected chi connectivity index (χ4v) is 7.41. The average Bonchev–Trinajstić information content (AvgIpc) is 3.02. The Labute approximate surface area is 270 Å². The summed E-state index contributed by atoms with van der Waals surface area (Å²) in [6, 6.07) is 23.1. The Morgan fingerprint density at radius 3 is 2.33 bits per heavy atom. The number of nitrogens with zero attached hydrogens (tertiary/aromatic N) is 3. The molecule has 242 valence electrons. The molecule has 1 atom stereocenters. The van der Waals surface area contributed by atoms with Gasteiger partial charge in [-0.3, -0.25) is 10.1 Å². The Hall–Kier alpha value is -3.61. The normalized spacial score (nSPS) is 14.7. The number of carbonyl (C=O) groups excluding carboxylic acids is 1. The van der Waals surface area contributed by atoms with Crippen molar-refractivity contribution in [2.24, 2.45) is 5.92 Å². The molecule has 0 radical (unpaired) electrons. The lowest BCUT2D eigenvalue weighted by atomic mass is 9.90. The monoisotopic (exact) mass is 653 g/mol. The van der Waals surface area contributed by atoms with Gasteiger partial charge in [-0.2, -0.15) is 0 Å². The van der Waals surface area contributed by atoms with Crippen molar-refractivity contribution in [1.29, 1.82) is 0 Å². The Morgan fingerprint density at radius 2 is 1.69 bits per heavy atom. The first-order valence-electron chi connectivity index (χ1n) is 15.3. The molecule has 2 N–H and O–H groups in total. The van der Waals surface area contributed by atoms with Crippen LogP contribution in [-0.4, -0.2) is 74.7 Å². The number of sulfonamides is 1. The Bertz CT molecular complexity index is 1500. The first-order valence-corrected chi connectivity index (χ1v) is 17.8. The fraction of sp³-hybridized carbons (Fsp3) is 0.424. The van der Waals surface area contributed by atoms with Crippen LogP contribution in [0.15, 0.2) is 88.7 Å². The largest absolute Gasteiger partial charge is 0.376 e. The zero-order valence-corrected chi connectivity index (χ0v) is 27.6. The van der Waals surface area contributed by atoms with Crippen LogP contribution in [0.3, 0.4) is 0 Å². The Kier molecular flexibility index (Phi) is 12.7. The van der Waals surface area contributed by atoms with E-state index in [-0.39, 0.29) is 22.3 Å². The second kappa shape index (κ2) is 16.6. The predicted octanol–water partition coefficient (Wildman–Crippen LogP) is 6.25. The van der Waals surface area contributed by atoms with Crippen LogP contribution in [-0.2, 0) is 16.4 Å². The summed E-state index contributed by atoms with van der Waals surface area (Å²) in [4.78, 5) is 28.8. The lowest BCUT2D eigenvalue weighted by Crippen LogP contribution is -2.46. The molecule has 0 unspecified atom stereocenters. The number of nitro benzene ring substituents is 1. The third-order valence-corrected chi connectivity index (χ3v) is 10.4. The van der Waals surface area contributed by atoms with Crippen molar-refractivity contribution in [2.75, 3.05) is 44.8 Å². The first-order chi connectivity index (χ1) is 21.6. The summed E-state index contributed by atoms with van der Waals surface area (Å²) >= 11 is 1.66. The number of unbranched alkanes of at least 4 members (excludes halogenated alkanes) is 1. The van der Waals surface area contributed by atoms with Crippen LogP contribution in [0.25, 0.3) is 0 Å². The molecule has 3 aromatic rings. The maximum absolute atomic E-state index is 13.2. The van der Waals surface area contributed by atoms with E-state index in [1.54, 1.807) is 11.8 Å². The highest BCUT2D eigenvalue weighted by Gasteiger charge is 2.28. The molecule has 2 amide bonds. The van der Waals surface area contributed by atoms with E-state index in [0.29, 0.717) is 24.8 Å². The van der Waals surface area contributed by atoms with E-state index >= 15 is 0 Å². The number of nitrogens with one attached hydrogen (secondary N) is 2. The molecular formula is C33H43N5O5S2. The fourth-order valence-electron chi connectivity index (χ4n) is 5.43. The van der Waals surface area contributed by atoms with Crippen LogP contribution < -0.4 is 10.0 Å². The minimum atomic E-state index is -4.33. The summed E-state index contributed by atoms with van der Waals surface area (Å²) in [7, 11) is -0.276. The Balaban J connectivity index is 1.40. The van der Waals surface area contributed by atoms with Gasteiger partial charge >= 0.3 is 6.03 Å². The summed E-state index contributed by atoms with van der Waals surface area (Å²) < 4.78 is 28.5. The number of urea groups is 1. The van der Waals surface area contributed by atoms with E-state index in [0.717, 1.165) is 56.0 Å². The third-order valence-electron chi connectivity index (χ3n) is 7.93. The van der Waals surface area contributed by atoms with Crippen LogP contribution in [0.5, 0.6) is 0 Å². The molecule has 45 heavy (non-hydrogen) atoms. The molecular weight excluding hydrogens is 611 g/mol. The maximum Gasteiger partial charge on any atom is 0.331 e. The standard InChI is InChI=1S/C33H43N5O5S2/c1-36(2)20-10-9-13-28(25-44-29-14-7-4-8-15-29)34-31-17-16-30(24-32(31)38(40)41)45(42,43)35-33(39)37-21-18-27(19-22-37)23-26-11-5-3-6-12-26/h3-8,11-12,14-17,24,27-28,34H,9-10,13,18-23,25H2,1-2H3,(H,35,39)/t28-/m1/s1. The summed E-state index contributed by atoms with van der Waals surface area (Å²) in [5.74, 6) is 1.10. The van der Waals surface area contributed by atoms with E-state index in [1.807, 2.05) is 62.6 Å². The molecule has 0 aliphatic carbocycles. The number of hydrogen-bond donors (Lipinski definition) is 2. The summed E-state index contributed by atoms with van der Waals surface area (Å²) in [6.07, 6.45) is 5.18. The summed E-state index contributed by atoms with van der Waals surface area (Å²) in [5, 5.41) is 15.4. The predicted molar refractivity (Wildman–Crippen MR) is 180 cm³/mol. The lowest BCUT2D eigenvalue weighted by molar-refractivity contribution is -0.384. The number of anilines is 1. The minimum absolute atomic E-state index is 0.0805. The molecule has 1 fully saturated rings. The molecule has 1 heterocycles. The highest BCUT2D eigenvalue weighted by Crippen LogP contribution is 2.30. The van der Waals surface area contributed by atoms with E-state index in [9.17, 15) is 23.3 Å². The van der Waals surface area contributed by atoms with Gasteiger partial charge in [0.2, 0.25) is 0 Å². The lowest BCUT2D eigenvalue weighted by Gasteiger charge is -2.32. The van der Waals surface area contributed by atoms with Gasteiger partial charge in [0.25, 0.3) is 15.7 Å². The highest BCUT2D eigenvalue weighted by atomic mass is 32.2. The van der Waals surface area contributed by atoms with Crippen molar-refractivity contribution in [3.63, 3.8) is 0 Å². The van der Waals surface area contributed by atoms with Gasteiger partial charge in [-0.1, -0.05) is 55.0 Å². The number of rotatable bonds is 15. The number of thioether (sulfide) groups is 1. The minimum Gasteiger partial charge on any atom is -0.376 e. The molecule has 3 aromatic carbocycles. The zero-order valence-electron chi connectivity index (χ0n) is 25.9. The third kappa shape index (κ3) is 10.8. The Morgan fingerprint density at radius 1 is 1.02 bits per heavy atom. The molecule has 1 aliphatic heterocycles. The van der Waals surface area contributed by atoms with Crippen molar-refractivity contribution in [3.8, 4) is 0 Å². The first kappa shape index (κ1) is 34.3. The van der Waals surface area contributed by atoms with Gasteiger partial charge in [-0.05, 0) is 88.5 Å². The van der Waals surface area contributed by atoms with E-state index in [4.69, 9.17) is 0 Å². The van der Waals surface area contributed by atoms with Crippen molar-refractivity contribution < 1.29 is 18.1 Å². The maximum atomic E-state index is 13.2. The summed E-state index contributed by atoms with van der Waals surface area (Å²) in [6.45, 7) is 1.83. The second-order valence-corrected chi connectivity index (χ2v) is 14.5. The van der Waals surface area contributed by atoms with Crippen molar-refractivity contribution >= 4 is 39.2 Å². The van der Waals surface area contributed by atoms with Crippen LogP contribution >= 0.6 is 11.8 Å². The van der Waals surface area contributed by atoms with E-state index < -0.39 is 21.0 Å². The number of hydrogen-bond acceptors (Lipinski definition) is 8. The van der Waals surface area contributed by atoms with E-state index in [2.05, 4.69) is 27.1 Å². The number of carbonyl (C=O) groups is 1. The van der Waals surface area contributed by atoms with Gasteiger partial charge in [-0.25, -0.2) is 17.9 Å². The number of nitro groups is 1. The summed E-state index contributed by atoms with van der Waals surface area (Å²) in [5.41, 5.74) is 1.14. The smallest absolute Gasteiger partial charge is 0.331 e. The van der Waals surface area contributed by atoms with Crippen LogP contribution in [0.1, 0.15) is 37.7 Å². The molecule has 0 spiro atoms. The van der Waals surface area contributed by atoms with E-state index in [1.165, 1.54) is 22.6 Å². The molecule has 0 bridgehead atoms. The second-order valence-electron chi connectivity index (χ2n) is 11.7. The van der Waals surface area contributed by atoms with Gasteiger partial charge in [0.1, 0.15) is 5.69 Å². The SMILES string of the molecule is CN(C)CCCC[C@H](CSc1ccccc1)Nc1ccc(S(=O)(=O)NC(=O)N2CCC(Cc3ccccc3)CC2)cc1[N+](=O)[O-]. The number of piperidine rings is 1. The van der Waals surface area contributed by atoms with Crippen LogP contribution in [0.4, 0.5) is 16.2 Å². The van der Waals surface area contributed by atoms with Crippen LogP contribution in [0, 0.1) is 16.0 Å². The van der Waals surface area contributed by atoms with Crippen molar-refractivity contribution in [1.82, 2.24) is 14.5 Å². The topological polar surface area (TPSA) is 125 Å². The number of benzene rings is 3. The van der Waals surface area contributed by atoms with Gasteiger partial charge < -0.3 is 15.1 Å². The molecule has 1 aliphatic rings. The van der Waals surface area contributed by atoms with Gasteiger partial charge in [0.15, 0.2) is 0 Å². The quantitative estimate of drug-likeness (QED) is 0.0854. The molecule has 0 aromatic heterocycles. The van der Waals surface area contributed by atoms with Crippen LogP contribution in [0.2, 0.25) is 0 Å². The number of likely N-dealkylation sites (tertiary alicyclic amines) is 1. The molecule has 12 heteroatoms. The zero-order chi connectivity index (χ0) is 32.2.